The van der Waals surface area contributed by atoms with Crippen LogP contribution in [0.15, 0.2) is 84.9 Å². The summed E-state index contributed by atoms with van der Waals surface area (Å²) in [5, 5.41) is 10.2. The lowest BCUT2D eigenvalue weighted by molar-refractivity contribution is 0.418. The molecule has 184 valence electrons. The zero-order valence-corrected chi connectivity index (χ0v) is 20.9. The SMILES string of the molecule is NCCCNCC12c3ccccc3C(CNCCCN)(c3ccccc31)c1cc3ccccc3cc12. The highest BCUT2D eigenvalue weighted by Gasteiger charge is 2.58. The Morgan fingerprint density at radius 1 is 0.500 bits per heavy atom. The molecule has 0 spiro atoms. The van der Waals surface area contributed by atoms with Gasteiger partial charge in [-0.05, 0) is 95.3 Å². The van der Waals surface area contributed by atoms with Gasteiger partial charge >= 0.3 is 0 Å². The molecule has 0 heterocycles. The molecule has 0 amide bonds. The average Bonchev–Trinajstić information content (AvgIpc) is 2.93. The predicted molar refractivity (Wildman–Crippen MR) is 150 cm³/mol. The number of nitrogens with two attached hydrogens (primary N) is 2. The number of rotatable bonds is 10. The molecule has 0 saturated heterocycles. The minimum Gasteiger partial charge on any atom is -0.330 e. The monoisotopic (exact) mass is 476 g/mol. The van der Waals surface area contributed by atoms with Crippen LogP contribution in [0.5, 0.6) is 0 Å². The minimum atomic E-state index is -0.250. The van der Waals surface area contributed by atoms with E-state index < -0.39 is 0 Å². The van der Waals surface area contributed by atoms with Gasteiger partial charge in [0.25, 0.3) is 0 Å². The van der Waals surface area contributed by atoms with Crippen molar-refractivity contribution in [1.29, 1.82) is 0 Å². The van der Waals surface area contributed by atoms with Crippen LogP contribution in [-0.4, -0.2) is 39.3 Å². The molecule has 3 aliphatic rings. The van der Waals surface area contributed by atoms with Crippen molar-refractivity contribution in [2.24, 2.45) is 11.5 Å². The molecule has 2 bridgehead atoms. The largest absolute Gasteiger partial charge is 0.330 e. The maximum Gasteiger partial charge on any atom is 0.0585 e. The number of nitrogens with one attached hydrogen (secondary N) is 2. The normalized spacial score (nSPS) is 21.3. The fraction of sp³-hybridized carbons (Fsp3) is 0.312. The van der Waals surface area contributed by atoms with Gasteiger partial charge in [-0.2, -0.15) is 0 Å². The highest BCUT2D eigenvalue weighted by molar-refractivity contribution is 5.89. The van der Waals surface area contributed by atoms with Crippen molar-refractivity contribution in [3.8, 4) is 0 Å². The smallest absolute Gasteiger partial charge is 0.0585 e. The van der Waals surface area contributed by atoms with Gasteiger partial charge in [0, 0.05) is 13.1 Å². The molecule has 6 N–H and O–H groups in total. The van der Waals surface area contributed by atoms with Crippen LogP contribution in [-0.2, 0) is 10.8 Å². The summed E-state index contributed by atoms with van der Waals surface area (Å²) >= 11 is 0. The first-order chi connectivity index (χ1) is 17.8. The van der Waals surface area contributed by atoms with E-state index in [4.69, 9.17) is 11.5 Å². The molecular weight excluding hydrogens is 440 g/mol. The van der Waals surface area contributed by atoms with Crippen LogP contribution >= 0.6 is 0 Å². The van der Waals surface area contributed by atoms with Gasteiger partial charge in [-0.15, -0.1) is 0 Å². The van der Waals surface area contributed by atoms with Crippen LogP contribution in [0.4, 0.5) is 0 Å². The van der Waals surface area contributed by atoms with Gasteiger partial charge in [0.1, 0.15) is 0 Å². The second-order valence-corrected chi connectivity index (χ2v) is 10.3. The first-order valence-electron chi connectivity index (χ1n) is 13.3. The van der Waals surface area contributed by atoms with E-state index in [0.29, 0.717) is 13.1 Å². The Hall–Kier alpha value is -3.02. The molecule has 0 aromatic heterocycles. The lowest BCUT2D eigenvalue weighted by atomic mass is 9.46. The highest BCUT2D eigenvalue weighted by atomic mass is 14.9. The van der Waals surface area contributed by atoms with Gasteiger partial charge in [0.05, 0.1) is 10.8 Å². The standard InChI is InChI=1S/C32H36N4/c33-15-7-17-35-21-31-25-11-3-5-13-27(25)32(22-36-18-8-16-34,28-14-6-4-12-26(28)31)30-20-24-10-2-1-9-23(24)19-29(30)31/h1-6,9-14,19-20,35-36H,7-8,15-18,21-22,33-34H2. The third kappa shape index (κ3) is 3.29. The number of hydrogen-bond donors (Lipinski definition) is 4. The summed E-state index contributed by atoms with van der Waals surface area (Å²) in [7, 11) is 0. The molecule has 0 atom stereocenters. The molecule has 4 aromatic carbocycles. The lowest BCUT2D eigenvalue weighted by Gasteiger charge is -2.57. The molecule has 4 heteroatoms. The zero-order valence-electron chi connectivity index (χ0n) is 20.9. The summed E-state index contributed by atoms with van der Waals surface area (Å²) in [6.07, 6.45) is 1.94. The van der Waals surface area contributed by atoms with Crippen LogP contribution in [0.1, 0.15) is 46.2 Å². The van der Waals surface area contributed by atoms with Crippen LogP contribution in [0.25, 0.3) is 10.8 Å². The van der Waals surface area contributed by atoms with Crippen LogP contribution in [0.3, 0.4) is 0 Å². The number of fused-ring (bicyclic) bond motifs is 1. The van der Waals surface area contributed by atoms with Gasteiger partial charge in [-0.25, -0.2) is 0 Å². The molecule has 4 aromatic rings. The molecule has 0 aliphatic heterocycles. The Morgan fingerprint density at radius 2 is 0.861 bits per heavy atom. The van der Waals surface area contributed by atoms with E-state index in [2.05, 4.69) is 95.6 Å². The van der Waals surface area contributed by atoms with Crippen LogP contribution in [0, 0.1) is 0 Å². The van der Waals surface area contributed by atoms with Crippen molar-refractivity contribution in [3.63, 3.8) is 0 Å². The van der Waals surface area contributed by atoms with Gasteiger partial charge < -0.3 is 22.1 Å². The van der Waals surface area contributed by atoms with Crippen LogP contribution < -0.4 is 22.1 Å². The second-order valence-electron chi connectivity index (χ2n) is 10.3. The predicted octanol–water partition coefficient (Wildman–Crippen LogP) is 4.01. The summed E-state index contributed by atoms with van der Waals surface area (Å²) in [5.74, 6) is 0. The van der Waals surface area contributed by atoms with Gasteiger partial charge in [0.2, 0.25) is 0 Å². The maximum atomic E-state index is 5.84. The molecule has 7 rings (SSSR count). The quantitative estimate of drug-likeness (QED) is 0.261. The first kappa shape index (κ1) is 23.4. The highest BCUT2D eigenvalue weighted by Crippen LogP contribution is 2.62. The summed E-state index contributed by atoms with van der Waals surface area (Å²) in [6, 6.07) is 32.0. The summed E-state index contributed by atoms with van der Waals surface area (Å²) in [5.41, 5.74) is 19.7. The van der Waals surface area contributed by atoms with E-state index in [1.165, 1.54) is 44.2 Å². The summed E-state index contributed by atoms with van der Waals surface area (Å²) in [6.45, 7) is 4.93. The zero-order chi connectivity index (χ0) is 24.6. The Kier molecular flexibility index (Phi) is 6.14. The molecule has 0 radical (unpaired) electrons. The van der Waals surface area contributed by atoms with Crippen molar-refractivity contribution in [2.45, 2.75) is 23.7 Å². The van der Waals surface area contributed by atoms with E-state index in [0.717, 1.165) is 39.0 Å². The molecular formula is C32H36N4. The summed E-state index contributed by atoms with van der Waals surface area (Å²) < 4.78 is 0. The third-order valence-corrected chi connectivity index (χ3v) is 8.39. The maximum absolute atomic E-state index is 5.84. The lowest BCUT2D eigenvalue weighted by Crippen LogP contribution is -2.57. The molecule has 0 fully saturated rings. The fourth-order valence-electron chi connectivity index (χ4n) is 6.85. The van der Waals surface area contributed by atoms with Crippen LogP contribution in [0.2, 0.25) is 0 Å². The van der Waals surface area contributed by atoms with Crippen molar-refractivity contribution in [3.05, 3.63) is 118 Å². The Morgan fingerprint density at radius 3 is 1.22 bits per heavy atom. The molecule has 3 aliphatic carbocycles. The van der Waals surface area contributed by atoms with Gasteiger partial charge in [0.15, 0.2) is 0 Å². The Bertz CT molecular complexity index is 1240. The second kappa shape index (κ2) is 9.45. The van der Waals surface area contributed by atoms with E-state index >= 15 is 0 Å². The Balaban J connectivity index is 1.66. The number of benzene rings is 4. The Labute approximate surface area is 214 Å². The van der Waals surface area contributed by atoms with Crippen molar-refractivity contribution in [1.82, 2.24) is 10.6 Å². The first-order valence-corrected chi connectivity index (χ1v) is 13.3. The molecule has 4 nitrogen and oxygen atoms in total. The number of hydrogen-bond acceptors (Lipinski definition) is 4. The fourth-order valence-corrected chi connectivity index (χ4v) is 6.85. The molecule has 36 heavy (non-hydrogen) atoms. The minimum absolute atomic E-state index is 0.250. The molecule has 0 unspecified atom stereocenters. The van der Waals surface area contributed by atoms with E-state index in [-0.39, 0.29) is 10.8 Å². The van der Waals surface area contributed by atoms with E-state index in [1.807, 2.05) is 0 Å². The summed E-state index contributed by atoms with van der Waals surface area (Å²) in [4.78, 5) is 0. The van der Waals surface area contributed by atoms with E-state index in [1.54, 1.807) is 0 Å². The molecule has 0 saturated carbocycles. The van der Waals surface area contributed by atoms with Gasteiger partial charge in [-0.1, -0.05) is 72.8 Å². The third-order valence-electron chi connectivity index (χ3n) is 8.39. The topological polar surface area (TPSA) is 76.1 Å². The van der Waals surface area contributed by atoms with Crippen molar-refractivity contribution in [2.75, 3.05) is 39.3 Å². The van der Waals surface area contributed by atoms with Crippen molar-refractivity contribution < 1.29 is 0 Å². The van der Waals surface area contributed by atoms with Gasteiger partial charge in [-0.3, -0.25) is 0 Å². The van der Waals surface area contributed by atoms with Crippen molar-refractivity contribution >= 4 is 10.8 Å². The average molecular weight is 477 g/mol. The van der Waals surface area contributed by atoms with E-state index in [9.17, 15) is 0 Å².